The van der Waals surface area contributed by atoms with Gasteiger partial charge in [0.05, 0.1) is 7.05 Å². The van der Waals surface area contributed by atoms with Crippen molar-refractivity contribution in [3.8, 4) is 0 Å². The van der Waals surface area contributed by atoms with Crippen molar-refractivity contribution in [1.82, 2.24) is 9.97 Å². The Balaban J connectivity index is 0.000000307. The molecule has 2 aromatic heterocycles. The molecule has 13 heteroatoms. The predicted octanol–water partition coefficient (Wildman–Crippen LogP) is 1.34. The van der Waals surface area contributed by atoms with Gasteiger partial charge in [-0.3, -0.25) is 5.32 Å². The molecule has 24 heavy (non-hydrogen) atoms. The van der Waals surface area contributed by atoms with E-state index < -0.39 is 15.6 Å². The summed E-state index contributed by atoms with van der Waals surface area (Å²) < 4.78 is 61.3. The predicted molar refractivity (Wildman–Crippen MR) is 80.5 cm³/mol. The van der Waals surface area contributed by atoms with Gasteiger partial charge >= 0.3 is 5.51 Å². The number of aromatic nitrogens is 3. The molecule has 0 spiro atoms. The number of nitrogens with two attached hydrogens (primary N) is 1. The van der Waals surface area contributed by atoms with Crippen LogP contribution in [0.5, 0.6) is 0 Å². The minimum atomic E-state index is -6.09. The van der Waals surface area contributed by atoms with Crippen LogP contribution in [0.1, 0.15) is 0 Å². The minimum Gasteiger partial charge on any atom is -0.741 e. The Kier molecular flexibility index (Phi) is 6.22. The van der Waals surface area contributed by atoms with Gasteiger partial charge in [0.2, 0.25) is 17.5 Å². The molecule has 0 aliphatic rings. The number of rotatable bonds is 2. The standard InChI is InChI=1S/C10H11N5S.CHF3O3S/c1-15-7(11)3-2-4-8(15)14-9-10(16)13-6-5-12-9;2-1(3,4)8(5,6)7/h2-6H,1H3,(H3,11,12,13,14,16);(H,5,6,7). The average molecular weight is 383 g/mol. The number of pyridine rings is 1. The van der Waals surface area contributed by atoms with Gasteiger partial charge in [-0.25, -0.2) is 18.0 Å². The monoisotopic (exact) mass is 383 g/mol. The van der Waals surface area contributed by atoms with Gasteiger partial charge in [0.1, 0.15) is 0 Å². The lowest BCUT2D eigenvalue weighted by molar-refractivity contribution is -0.642. The largest absolute Gasteiger partial charge is 0.741 e. The average Bonchev–Trinajstić information content (AvgIpc) is 2.45. The van der Waals surface area contributed by atoms with Crippen LogP contribution in [0.2, 0.25) is 0 Å². The smallest absolute Gasteiger partial charge is 0.485 e. The van der Waals surface area contributed by atoms with Gasteiger partial charge in [0.25, 0.3) is 0 Å². The number of anilines is 3. The zero-order chi connectivity index (χ0) is 18.5. The van der Waals surface area contributed by atoms with E-state index in [-0.39, 0.29) is 0 Å². The highest BCUT2D eigenvalue weighted by molar-refractivity contribution is 7.86. The number of hydrogen-bond donors (Lipinski definition) is 3. The zero-order valence-electron chi connectivity index (χ0n) is 12.0. The van der Waals surface area contributed by atoms with E-state index in [0.29, 0.717) is 16.3 Å². The summed E-state index contributed by atoms with van der Waals surface area (Å²) >= 11 is 5.11. The Morgan fingerprint density at radius 1 is 1.42 bits per heavy atom. The first kappa shape index (κ1) is 19.8. The van der Waals surface area contributed by atoms with Crippen molar-refractivity contribution in [3.05, 3.63) is 35.2 Å². The van der Waals surface area contributed by atoms with E-state index >= 15 is 0 Å². The second kappa shape index (κ2) is 7.55. The SMILES string of the molecule is C[n+]1c(N)cccc1Nc1ncc[nH]c1=S.O=S(=O)([O-])C(F)(F)F. The third kappa shape index (κ3) is 5.43. The van der Waals surface area contributed by atoms with Crippen LogP contribution in [0, 0.1) is 4.64 Å². The Morgan fingerprint density at radius 3 is 2.50 bits per heavy atom. The number of aromatic amines is 1. The molecular formula is C11H12F3N5O3S2. The molecule has 2 rings (SSSR count). The highest BCUT2D eigenvalue weighted by atomic mass is 32.2. The second-order valence-electron chi connectivity index (χ2n) is 4.19. The number of nitrogen functional groups attached to an aromatic ring is 1. The third-order valence-corrected chi connectivity index (χ3v) is 3.39. The molecule has 0 fully saturated rings. The van der Waals surface area contributed by atoms with Crippen LogP contribution < -0.4 is 15.6 Å². The van der Waals surface area contributed by atoms with Crippen LogP contribution in [0.4, 0.5) is 30.6 Å². The molecule has 0 saturated carbocycles. The quantitative estimate of drug-likeness (QED) is 0.309. The summed E-state index contributed by atoms with van der Waals surface area (Å²) in [5, 5.41) is 3.12. The van der Waals surface area contributed by atoms with Crippen LogP contribution >= 0.6 is 12.2 Å². The summed E-state index contributed by atoms with van der Waals surface area (Å²) in [5.41, 5.74) is 0.135. The normalized spacial score (nSPS) is 11.4. The van der Waals surface area contributed by atoms with Crippen LogP contribution in [0.3, 0.4) is 0 Å². The molecule has 4 N–H and O–H groups in total. The van der Waals surface area contributed by atoms with Crippen LogP contribution in [0.25, 0.3) is 0 Å². The lowest BCUT2D eigenvalue weighted by atomic mass is 10.4. The summed E-state index contributed by atoms with van der Waals surface area (Å²) in [6, 6.07) is 5.59. The van der Waals surface area contributed by atoms with E-state index in [1.807, 2.05) is 29.8 Å². The summed E-state index contributed by atoms with van der Waals surface area (Å²) in [7, 11) is -4.22. The molecule has 132 valence electrons. The molecule has 0 unspecified atom stereocenters. The number of alkyl halides is 3. The van der Waals surface area contributed by atoms with Gasteiger partial charge in [-0.05, 0) is 6.07 Å². The van der Waals surface area contributed by atoms with E-state index in [1.165, 1.54) is 0 Å². The summed E-state index contributed by atoms with van der Waals surface area (Å²) in [4.78, 5) is 7.05. The van der Waals surface area contributed by atoms with Gasteiger partial charge in [0, 0.05) is 24.5 Å². The first-order valence-electron chi connectivity index (χ1n) is 6.01. The molecule has 2 heterocycles. The Labute approximate surface area is 139 Å². The van der Waals surface area contributed by atoms with E-state index in [4.69, 9.17) is 30.9 Å². The fourth-order valence-electron chi connectivity index (χ4n) is 1.29. The van der Waals surface area contributed by atoms with Crippen molar-refractivity contribution in [2.75, 3.05) is 11.1 Å². The lowest BCUT2D eigenvalue weighted by Gasteiger charge is -2.08. The van der Waals surface area contributed by atoms with Gasteiger partial charge in [-0.1, -0.05) is 12.2 Å². The highest BCUT2D eigenvalue weighted by Gasteiger charge is 2.36. The minimum absolute atomic E-state index is 0.560. The molecular weight excluding hydrogens is 371 g/mol. The third-order valence-electron chi connectivity index (χ3n) is 2.51. The molecule has 0 aliphatic heterocycles. The van der Waals surface area contributed by atoms with Crippen LogP contribution in [0.15, 0.2) is 30.6 Å². The van der Waals surface area contributed by atoms with Gasteiger partial charge in [0.15, 0.2) is 14.8 Å². The first-order chi connectivity index (χ1) is 10.9. The maximum Gasteiger partial charge on any atom is 0.485 e. The lowest BCUT2D eigenvalue weighted by Crippen LogP contribution is -2.35. The topological polar surface area (TPSA) is 128 Å². The van der Waals surface area contributed by atoms with Crippen LogP contribution in [-0.4, -0.2) is 28.4 Å². The fourth-order valence-corrected chi connectivity index (χ4v) is 1.46. The molecule has 0 atom stereocenters. The Morgan fingerprint density at radius 2 is 2.00 bits per heavy atom. The first-order valence-corrected chi connectivity index (χ1v) is 7.82. The summed E-state index contributed by atoms with van der Waals surface area (Å²) in [6.45, 7) is 0. The van der Waals surface area contributed by atoms with E-state index in [2.05, 4.69) is 15.3 Å². The number of nitrogens with zero attached hydrogens (tertiary/aromatic N) is 2. The highest BCUT2D eigenvalue weighted by Crippen LogP contribution is 2.20. The maximum absolute atomic E-state index is 10.7. The van der Waals surface area contributed by atoms with Gasteiger partial charge < -0.3 is 15.3 Å². The molecule has 0 saturated heterocycles. The van der Waals surface area contributed by atoms with Gasteiger partial charge in [-0.2, -0.15) is 13.2 Å². The molecule has 0 bridgehead atoms. The molecule has 0 radical (unpaired) electrons. The summed E-state index contributed by atoms with van der Waals surface area (Å²) in [6.07, 6.45) is 3.33. The van der Waals surface area contributed by atoms with E-state index in [0.717, 1.165) is 5.82 Å². The van der Waals surface area contributed by atoms with E-state index in [1.54, 1.807) is 12.4 Å². The molecule has 8 nitrogen and oxygen atoms in total. The van der Waals surface area contributed by atoms with E-state index in [9.17, 15) is 13.2 Å². The van der Waals surface area contributed by atoms with Crippen molar-refractivity contribution in [2.24, 2.45) is 7.05 Å². The fraction of sp³-hybridized carbons (Fsp3) is 0.182. The van der Waals surface area contributed by atoms with Gasteiger partial charge in [-0.15, -0.1) is 0 Å². The molecule has 2 aromatic rings. The number of H-pyrrole nitrogens is 1. The van der Waals surface area contributed by atoms with Crippen molar-refractivity contribution in [3.63, 3.8) is 0 Å². The van der Waals surface area contributed by atoms with Crippen molar-refractivity contribution >= 4 is 39.8 Å². The van der Waals surface area contributed by atoms with Crippen molar-refractivity contribution in [1.29, 1.82) is 0 Å². The zero-order valence-corrected chi connectivity index (χ0v) is 13.7. The number of nitrogens with one attached hydrogen (secondary N) is 2. The van der Waals surface area contributed by atoms with Crippen LogP contribution in [-0.2, 0) is 17.2 Å². The van der Waals surface area contributed by atoms with Crippen molar-refractivity contribution < 1.29 is 30.7 Å². The van der Waals surface area contributed by atoms with Crippen molar-refractivity contribution in [2.45, 2.75) is 5.51 Å². The number of hydrogen-bond acceptors (Lipinski definition) is 7. The maximum atomic E-state index is 10.7. The molecule has 0 amide bonds. The second-order valence-corrected chi connectivity index (χ2v) is 5.97. The Bertz CT molecular complexity index is 868. The Hall–Kier alpha value is -2.25. The molecule has 0 aliphatic carbocycles. The summed E-state index contributed by atoms with van der Waals surface area (Å²) in [5.74, 6) is 2.10. The number of halogens is 3. The molecule has 0 aromatic carbocycles.